The number of hydrogen-bond acceptors (Lipinski definition) is 5. The van der Waals surface area contributed by atoms with Crippen molar-refractivity contribution in [1.29, 1.82) is 0 Å². The molecule has 0 atom stereocenters. The van der Waals surface area contributed by atoms with Crippen molar-refractivity contribution in [3.63, 3.8) is 0 Å². The van der Waals surface area contributed by atoms with E-state index in [1.165, 1.54) is 7.11 Å². The topological polar surface area (TPSA) is 87.7 Å². The van der Waals surface area contributed by atoms with Gasteiger partial charge in [0.25, 0.3) is 0 Å². The highest BCUT2D eigenvalue weighted by atomic mass is 35.5. The molecule has 1 aromatic rings. The molecule has 1 rings (SSSR count). The molecule has 0 aromatic heterocycles. The Kier molecular flexibility index (Phi) is 8.81. The van der Waals surface area contributed by atoms with E-state index in [1.54, 1.807) is 36.2 Å². The average molecular weight is 356 g/mol. The Labute approximate surface area is 146 Å². The number of hydrogen-bond donors (Lipinski definition) is 2. The molecular formula is C16H22ClN3O4. The molecule has 2 amide bonds. The normalized spacial score (nSPS) is 10.3. The molecule has 0 aliphatic carbocycles. The number of halogens is 1. The van der Waals surface area contributed by atoms with Gasteiger partial charge in [0, 0.05) is 23.7 Å². The fourth-order valence-electron chi connectivity index (χ4n) is 1.90. The van der Waals surface area contributed by atoms with Crippen LogP contribution in [0.25, 0.3) is 0 Å². The highest BCUT2D eigenvalue weighted by molar-refractivity contribution is 6.30. The van der Waals surface area contributed by atoms with E-state index in [0.717, 1.165) is 0 Å². The van der Waals surface area contributed by atoms with Gasteiger partial charge in [-0.15, -0.1) is 0 Å². The number of esters is 1. The summed E-state index contributed by atoms with van der Waals surface area (Å²) in [5, 5.41) is 6.00. The number of amides is 2. The zero-order chi connectivity index (χ0) is 17.9. The number of likely N-dealkylation sites (N-methyl/N-ethyl adjacent to an activating group) is 1. The quantitative estimate of drug-likeness (QED) is 0.514. The van der Waals surface area contributed by atoms with Crippen LogP contribution in [0, 0.1) is 0 Å². The minimum Gasteiger partial charge on any atom is -0.469 e. The summed E-state index contributed by atoms with van der Waals surface area (Å²) in [4.78, 5) is 36.1. The molecule has 0 spiro atoms. The molecule has 0 unspecified atom stereocenters. The van der Waals surface area contributed by atoms with E-state index in [4.69, 9.17) is 11.6 Å². The predicted octanol–water partition coefficient (Wildman–Crippen LogP) is 1.28. The van der Waals surface area contributed by atoms with Crippen molar-refractivity contribution in [2.75, 3.05) is 39.1 Å². The number of anilines is 1. The second-order valence-electron chi connectivity index (χ2n) is 5.26. The first-order valence-electron chi connectivity index (χ1n) is 7.48. The van der Waals surface area contributed by atoms with Crippen LogP contribution in [0.4, 0.5) is 5.69 Å². The first kappa shape index (κ1) is 19.9. The molecule has 8 heteroatoms. The van der Waals surface area contributed by atoms with Crippen LogP contribution >= 0.6 is 11.6 Å². The highest BCUT2D eigenvalue weighted by Gasteiger charge is 2.11. The van der Waals surface area contributed by atoms with Crippen LogP contribution in [0.1, 0.15) is 12.8 Å². The Morgan fingerprint density at radius 1 is 1.12 bits per heavy atom. The van der Waals surface area contributed by atoms with Crippen LogP contribution in [-0.2, 0) is 19.1 Å². The number of ether oxygens (including phenoxy) is 1. The van der Waals surface area contributed by atoms with Gasteiger partial charge < -0.3 is 15.4 Å². The van der Waals surface area contributed by atoms with Crippen LogP contribution in [0.3, 0.4) is 0 Å². The summed E-state index contributed by atoms with van der Waals surface area (Å²) in [5.41, 5.74) is 0.644. The monoisotopic (exact) mass is 355 g/mol. The Hall–Kier alpha value is -2.12. The number of carbonyl (C=O) groups is 3. The lowest BCUT2D eigenvalue weighted by Gasteiger charge is -2.16. The van der Waals surface area contributed by atoms with Crippen LogP contribution in [0.15, 0.2) is 24.3 Å². The van der Waals surface area contributed by atoms with E-state index in [0.29, 0.717) is 23.7 Å². The predicted molar refractivity (Wildman–Crippen MR) is 91.8 cm³/mol. The van der Waals surface area contributed by atoms with Gasteiger partial charge in [-0.1, -0.05) is 11.6 Å². The van der Waals surface area contributed by atoms with Gasteiger partial charge in [-0.3, -0.25) is 19.3 Å². The van der Waals surface area contributed by atoms with Crippen molar-refractivity contribution < 1.29 is 19.1 Å². The van der Waals surface area contributed by atoms with E-state index in [1.807, 2.05) is 0 Å². The van der Waals surface area contributed by atoms with Crippen LogP contribution in [0.5, 0.6) is 0 Å². The van der Waals surface area contributed by atoms with Crippen molar-refractivity contribution in [2.45, 2.75) is 12.8 Å². The van der Waals surface area contributed by atoms with Gasteiger partial charge in [0.15, 0.2) is 0 Å². The van der Waals surface area contributed by atoms with Gasteiger partial charge in [-0.2, -0.15) is 0 Å². The van der Waals surface area contributed by atoms with Crippen molar-refractivity contribution >= 4 is 35.1 Å². The smallest absolute Gasteiger partial charge is 0.305 e. The number of nitrogens with one attached hydrogen (secondary N) is 2. The average Bonchev–Trinajstić information content (AvgIpc) is 2.53. The summed E-state index contributed by atoms with van der Waals surface area (Å²) in [6.07, 6.45) is 0.773. The molecule has 0 heterocycles. The van der Waals surface area contributed by atoms with Crippen molar-refractivity contribution in [1.82, 2.24) is 10.2 Å². The van der Waals surface area contributed by atoms with Gasteiger partial charge >= 0.3 is 5.97 Å². The lowest BCUT2D eigenvalue weighted by molar-refractivity contribution is -0.140. The van der Waals surface area contributed by atoms with E-state index in [9.17, 15) is 14.4 Å². The molecule has 1 aromatic carbocycles. The number of carbonyl (C=O) groups excluding carboxylic acids is 3. The third-order valence-electron chi connectivity index (χ3n) is 3.06. The summed E-state index contributed by atoms with van der Waals surface area (Å²) in [7, 11) is 3.00. The number of nitrogens with zero attached hydrogens (tertiary/aromatic N) is 1. The minimum atomic E-state index is -0.305. The van der Waals surface area contributed by atoms with Gasteiger partial charge in [0.2, 0.25) is 11.8 Å². The maximum absolute atomic E-state index is 11.9. The Morgan fingerprint density at radius 3 is 2.38 bits per heavy atom. The summed E-state index contributed by atoms with van der Waals surface area (Å²) in [5.74, 6) is -0.736. The third-order valence-corrected chi connectivity index (χ3v) is 3.31. The molecule has 24 heavy (non-hydrogen) atoms. The number of methoxy groups -OCH3 is 1. The van der Waals surface area contributed by atoms with Crippen molar-refractivity contribution in [2.24, 2.45) is 0 Å². The van der Waals surface area contributed by atoms with Crippen molar-refractivity contribution in [3.05, 3.63) is 29.3 Å². The fourth-order valence-corrected chi connectivity index (χ4v) is 2.02. The molecule has 0 bridgehead atoms. The number of rotatable bonds is 9. The van der Waals surface area contributed by atoms with Gasteiger partial charge in [-0.25, -0.2) is 0 Å². The van der Waals surface area contributed by atoms with E-state index >= 15 is 0 Å². The fraction of sp³-hybridized carbons (Fsp3) is 0.438. The molecule has 0 fully saturated rings. The zero-order valence-electron chi connectivity index (χ0n) is 13.8. The molecule has 7 nitrogen and oxygen atoms in total. The molecular weight excluding hydrogens is 334 g/mol. The molecule has 2 N–H and O–H groups in total. The Morgan fingerprint density at radius 2 is 1.75 bits per heavy atom. The van der Waals surface area contributed by atoms with Crippen LogP contribution in [0.2, 0.25) is 5.02 Å². The molecule has 132 valence electrons. The van der Waals surface area contributed by atoms with Crippen LogP contribution < -0.4 is 10.6 Å². The van der Waals surface area contributed by atoms with Gasteiger partial charge in [0.05, 0.1) is 20.2 Å². The Balaban J connectivity index is 2.23. The van der Waals surface area contributed by atoms with E-state index in [2.05, 4.69) is 15.4 Å². The number of benzene rings is 1. The SMILES string of the molecule is COC(=O)CCCNC(=O)CN(C)CC(=O)Nc1ccc(Cl)cc1. The minimum absolute atomic E-state index is 0.0816. The van der Waals surface area contributed by atoms with E-state index < -0.39 is 0 Å². The summed E-state index contributed by atoms with van der Waals surface area (Å²) in [6.45, 7) is 0.559. The van der Waals surface area contributed by atoms with Crippen LogP contribution in [-0.4, -0.2) is 56.5 Å². The largest absolute Gasteiger partial charge is 0.469 e. The lowest BCUT2D eigenvalue weighted by Crippen LogP contribution is -2.39. The maximum Gasteiger partial charge on any atom is 0.305 e. The molecule has 0 saturated heterocycles. The lowest BCUT2D eigenvalue weighted by atomic mass is 10.3. The summed E-state index contributed by atoms with van der Waals surface area (Å²) < 4.78 is 4.51. The highest BCUT2D eigenvalue weighted by Crippen LogP contribution is 2.13. The van der Waals surface area contributed by atoms with E-state index in [-0.39, 0.29) is 37.3 Å². The molecule has 0 radical (unpaired) electrons. The summed E-state index contributed by atoms with van der Waals surface area (Å²) in [6, 6.07) is 6.77. The molecule has 0 saturated carbocycles. The first-order chi connectivity index (χ1) is 11.4. The first-order valence-corrected chi connectivity index (χ1v) is 7.86. The third kappa shape index (κ3) is 8.50. The summed E-state index contributed by atoms with van der Waals surface area (Å²) >= 11 is 5.78. The standard InChI is InChI=1S/C16H22ClN3O4/c1-20(10-14(21)18-9-3-4-16(23)24-2)11-15(22)19-13-7-5-12(17)6-8-13/h5-8H,3-4,9-11H2,1-2H3,(H,18,21)(H,19,22). The Bertz CT molecular complexity index is 563. The van der Waals surface area contributed by atoms with Gasteiger partial charge in [0.1, 0.15) is 0 Å². The zero-order valence-corrected chi connectivity index (χ0v) is 14.6. The second-order valence-corrected chi connectivity index (χ2v) is 5.69. The molecule has 0 aliphatic rings. The second kappa shape index (κ2) is 10.6. The van der Waals surface area contributed by atoms with Crippen molar-refractivity contribution in [3.8, 4) is 0 Å². The van der Waals surface area contributed by atoms with Gasteiger partial charge in [-0.05, 0) is 37.7 Å². The maximum atomic E-state index is 11.9. The molecule has 0 aliphatic heterocycles.